The summed E-state index contributed by atoms with van der Waals surface area (Å²) in [5.74, 6) is -1.76. The predicted octanol–water partition coefficient (Wildman–Crippen LogP) is 1.76. The van der Waals surface area contributed by atoms with Crippen LogP contribution in [-0.4, -0.2) is 27.6 Å². The molecule has 0 aliphatic carbocycles. The Morgan fingerprint density at radius 1 is 1.40 bits per heavy atom. The molecule has 0 saturated heterocycles. The van der Waals surface area contributed by atoms with Gasteiger partial charge in [0.1, 0.15) is 11.9 Å². The second-order valence-electron chi connectivity index (χ2n) is 4.59. The van der Waals surface area contributed by atoms with Crippen LogP contribution >= 0.6 is 0 Å². The number of benzene rings is 1. The molecule has 1 amide bonds. The van der Waals surface area contributed by atoms with Crippen LogP contribution < -0.4 is 5.32 Å². The number of carbonyl (C=O) groups excluding carboxylic acids is 1. The molecule has 2 N–H and O–H groups in total. The molecular weight excluding hydrogens is 263 g/mol. The van der Waals surface area contributed by atoms with E-state index in [-0.39, 0.29) is 18.1 Å². The maximum absolute atomic E-state index is 13.2. The van der Waals surface area contributed by atoms with Crippen LogP contribution in [0, 0.1) is 5.82 Å². The molecule has 1 aromatic carbocycles. The first-order chi connectivity index (χ1) is 9.47. The number of halogens is 1. The van der Waals surface area contributed by atoms with Crippen LogP contribution in [0.5, 0.6) is 0 Å². The number of carbonyl (C=O) groups is 2. The highest BCUT2D eigenvalue weighted by atomic mass is 19.1. The molecule has 20 heavy (non-hydrogen) atoms. The lowest BCUT2D eigenvalue weighted by molar-refractivity contribution is -0.141. The molecule has 0 unspecified atom stereocenters. The van der Waals surface area contributed by atoms with Gasteiger partial charge < -0.3 is 15.0 Å². The minimum atomic E-state index is -1.08. The first-order valence-electron chi connectivity index (χ1n) is 6.24. The summed E-state index contributed by atoms with van der Waals surface area (Å²) in [6, 6.07) is 5.39. The summed E-state index contributed by atoms with van der Waals surface area (Å²) in [5, 5.41) is 12.0. The number of hydrogen-bond acceptors (Lipinski definition) is 2. The van der Waals surface area contributed by atoms with E-state index in [9.17, 15) is 14.0 Å². The Hall–Kier alpha value is -2.37. The van der Waals surface area contributed by atoms with E-state index in [4.69, 9.17) is 5.11 Å². The van der Waals surface area contributed by atoms with Gasteiger partial charge in [0.2, 0.25) is 5.91 Å². The van der Waals surface area contributed by atoms with Gasteiger partial charge in [-0.15, -0.1) is 0 Å². The van der Waals surface area contributed by atoms with Crippen molar-refractivity contribution in [2.75, 3.05) is 0 Å². The Kier molecular flexibility index (Phi) is 4.02. The Morgan fingerprint density at radius 2 is 2.15 bits per heavy atom. The fourth-order valence-corrected chi connectivity index (χ4v) is 1.95. The minimum absolute atomic E-state index is 0.137. The SMILES string of the molecule is C[C@H](NC(=O)CCn1ccc2ccc(F)cc21)C(=O)O. The molecule has 6 heteroatoms. The lowest BCUT2D eigenvalue weighted by atomic mass is 10.2. The van der Waals surface area contributed by atoms with Crippen molar-refractivity contribution in [2.45, 2.75) is 25.9 Å². The summed E-state index contributed by atoms with van der Waals surface area (Å²) in [5.41, 5.74) is 0.712. The van der Waals surface area contributed by atoms with E-state index in [2.05, 4.69) is 5.32 Å². The second kappa shape index (κ2) is 5.73. The number of rotatable bonds is 5. The van der Waals surface area contributed by atoms with Gasteiger partial charge >= 0.3 is 5.97 Å². The predicted molar refractivity (Wildman–Crippen MR) is 71.8 cm³/mol. The molecule has 0 radical (unpaired) electrons. The number of carboxylic acid groups (broad SMARTS) is 1. The fraction of sp³-hybridized carbons (Fsp3) is 0.286. The number of nitrogens with one attached hydrogen (secondary N) is 1. The molecule has 5 nitrogen and oxygen atoms in total. The number of aromatic nitrogens is 1. The van der Waals surface area contributed by atoms with Crippen LogP contribution in [0.1, 0.15) is 13.3 Å². The number of nitrogens with zero attached hydrogens (tertiary/aromatic N) is 1. The van der Waals surface area contributed by atoms with Crippen LogP contribution in [0.2, 0.25) is 0 Å². The Morgan fingerprint density at radius 3 is 2.85 bits per heavy atom. The van der Waals surface area contributed by atoms with Crippen LogP contribution in [0.25, 0.3) is 10.9 Å². The summed E-state index contributed by atoms with van der Waals surface area (Å²) < 4.78 is 15.0. The number of carboxylic acids is 1. The quantitative estimate of drug-likeness (QED) is 0.875. The van der Waals surface area contributed by atoms with Crippen molar-refractivity contribution < 1.29 is 19.1 Å². The highest BCUT2D eigenvalue weighted by Crippen LogP contribution is 2.17. The highest BCUT2D eigenvalue weighted by molar-refractivity contribution is 5.83. The van der Waals surface area contributed by atoms with Crippen molar-refractivity contribution in [1.29, 1.82) is 0 Å². The third-order valence-corrected chi connectivity index (χ3v) is 3.06. The maximum atomic E-state index is 13.2. The molecule has 2 aromatic rings. The summed E-state index contributed by atoms with van der Waals surface area (Å²) >= 11 is 0. The summed E-state index contributed by atoms with van der Waals surface area (Å²) in [4.78, 5) is 22.2. The van der Waals surface area contributed by atoms with Crippen LogP contribution in [0.4, 0.5) is 4.39 Å². The van der Waals surface area contributed by atoms with E-state index in [0.717, 1.165) is 5.39 Å². The zero-order valence-electron chi connectivity index (χ0n) is 11.0. The van der Waals surface area contributed by atoms with Gasteiger partial charge in [-0.2, -0.15) is 0 Å². The number of fused-ring (bicyclic) bond motifs is 1. The van der Waals surface area contributed by atoms with Crippen molar-refractivity contribution in [1.82, 2.24) is 9.88 Å². The normalized spacial score (nSPS) is 12.3. The monoisotopic (exact) mass is 278 g/mol. The average molecular weight is 278 g/mol. The van der Waals surface area contributed by atoms with Crippen LogP contribution in [0.3, 0.4) is 0 Å². The van der Waals surface area contributed by atoms with Gasteiger partial charge in [0.25, 0.3) is 0 Å². The molecule has 0 saturated carbocycles. The van der Waals surface area contributed by atoms with Gasteiger partial charge in [0, 0.05) is 19.2 Å². The molecule has 0 aliphatic heterocycles. The van der Waals surface area contributed by atoms with E-state index in [1.165, 1.54) is 19.1 Å². The van der Waals surface area contributed by atoms with Gasteiger partial charge in [-0.05, 0) is 36.6 Å². The lowest BCUT2D eigenvalue weighted by Crippen LogP contribution is -2.38. The molecule has 0 bridgehead atoms. The summed E-state index contributed by atoms with van der Waals surface area (Å²) in [6.07, 6.45) is 1.91. The number of aliphatic carboxylic acids is 1. The third-order valence-electron chi connectivity index (χ3n) is 3.06. The third kappa shape index (κ3) is 3.14. The van der Waals surface area contributed by atoms with E-state index in [0.29, 0.717) is 12.1 Å². The molecular formula is C14H15FN2O3. The summed E-state index contributed by atoms with van der Waals surface area (Å²) in [6.45, 7) is 1.77. The Balaban J connectivity index is 2.01. The van der Waals surface area contributed by atoms with Gasteiger partial charge in [-0.3, -0.25) is 9.59 Å². The standard InChI is InChI=1S/C14H15FN2O3/c1-9(14(19)20)16-13(18)5-7-17-6-4-10-2-3-11(15)8-12(10)17/h2-4,6,8-9H,5,7H2,1H3,(H,16,18)(H,19,20)/t9-/m0/s1. The number of amides is 1. The van der Waals surface area contributed by atoms with Crippen molar-refractivity contribution >= 4 is 22.8 Å². The first-order valence-corrected chi connectivity index (χ1v) is 6.24. The molecule has 0 fully saturated rings. The van der Waals surface area contributed by atoms with E-state index < -0.39 is 12.0 Å². The molecule has 2 rings (SSSR count). The largest absolute Gasteiger partial charge is 0.480 e. The number of hydrogen-bond donors (Lipinski definition) is 2. The average Bonchev–Trinajstić information content (AvgIpc) is 2.78. The zero-order chi connectivity index (χ0) is 14.7. The summed E-state index contributed by atoms with van der Waals surface area (Å²) in [7, 11) is 0. The van der Waals surface area contributed by atoms with Crippen molar-refractivity contribution in [2.24, 2.45) is 0 Å². The number of aryl methyl sites for hydroxylation is 1. The first kappa shape index (κ1) is 14.0. The Bertz CT molecular complexity index is 651. The van der Waals surface area contributed by atoms with Crippen molar-refractivity contribution in [3.05, 3.63) is 36.3 Å². The lowest BCUT2D eigenvalue weighted by Gasteiger charge is -2.10. The molecule has 1 aromatic heterocycles. The van der Waals surface area contributed by atoms with Gasteiger partial charge in [-0.1, -0.05) is 0 Å². The topological polar surface area (TPSA) is 71.3 Å². The van der Waals surface area contributed by atoms with Crippen LogP contribution in [0.15, 0.2) is 30.5 Å². The molecule has 1 atom stereocenters. The van der Waals surface area contributed by atoms with Crippen LogP contribution in [-0.2, 0) is 16.1 Å². The molecule has 0 aliphatic rings. The van der Waals surface area contributed by atoms with E-state index in [1.54, 1.807) is 16.8 Å². The maximum Gasteiger partial charge on any atom is 0.325 e. The van der Waals surface area contributed by atoms with Gasteiger partial charge in [-0.25, -0.2) is 4.39 Å². The second-order valence-corrected chi connectivity index (χ2v) is 4.59. The fourth-order valence-electron chi connectivity index (χ4n) is 1.95. The van der Waals surface area contributed by atoms with E-state index >= 15 is 0 Å². The van der Waals surface area contributed by atoms with Crippen molar-refractivity contribution in [3.63, 3.8) is 0 Å². The van der Waals surface area contributed by atoms with Gasteiger partial charge in [0.05, 0.1) is 5.52 Å². The highest BCUT2D eigenvalue weighted by Gasteiger charge is 2.13. The smallest absolute Gasteiger partial charge is 0.325 e. The van der Waals surface area contributed by atoms with E-state index in [1.807, 2.05) is 6.07 Å². The molecule has 0 spiro atoms. The molecule has 1 heterocycles. The van der Waals surface area contributed by atoms with Gasteiger partial charge in [0.15, 0.2) is 0 Å². The Labute approximate surface area is 115 Å². The van der Waals surface area contributed by atoms with Crippen molar-refractivity contribution in [3.8, 4) is 0 Å². The zero-order valence-corrected chi connectivity index (χ0v) is 11.0. The molecule has 106 valence electrons. The minimum Gasteiger partial charge on any atom is -0.480 e.